The van der Waals surface area contributed by atoms with Gasteiger partial charge in [-0.1, -0.05) is 13.0 Å². The molecule has 1 aromatic heterocycles. The molecule has 0 bridgehead atoms. The zero-order chi connectivity index (χ0) is 8.10. The van der Waals surface area contributed by atoms with Gasteiger partial charge in [-0.05, 0) is 24.5 Å². The predicted molar refractivity (Wildman–Crippen MR) is 46.2 cm³/mol. The first-order valence-electron chi connectivity index (χ1n) is 3.97. The van der Waals surface area contributed by atoms with E-state index in [0.29, 0.717) is 0 Å². The number of nitrogens with zero attached hydrogens (tertiary/aromatic N) is 1. The van der Waals surface area contributed by atoms with Gasteiger partial charge in [0.05, 0.1) is 0 Å². The minimum absolute atomic E-state index is 0.277. The van der Waals surface area contributed by atoms with E-state index in [1.165, 1.54) is 5.56 Å². The Balaban J connectivity index is 2.51. The van der Waals surface area contributed by atoms with Crippen molar-refractivity contribution < 1.29 is 0 Å². The fourth-order valence-electron chi connectivity index (χ4n) is 0.966. The van der Waals surface area contributed by atoms with Crippen molar-refractivity contribution in [2.45, 2.75) is 25.8 Å². The van der Waals surface area contributed by atoms with E-state index >= 15 is 0 Å². The Kier molecular flexibility index (Phi) is 3.05. The molecule has 0 radical (unpaired) electrons. The molecule has 0 aliphatic heterocycles. The summed E-state index contributed by atoms with van der Waals surface area (Å²) in [6.45, 7) is 2.10. The molecule has 1 atom stereocenters. The number of hydrogen-bond donors (Lipinski definition) is 1. The van der Waals surface area contributed by atoms with Crippen molar-refractivity contribution in [2.24, 2.45) is 5.73 Å². The molecule has 0 saturated carbocycles. The lowest BCUT2D eigenvalue weighted by atomic mass is 10.1. The lowest BCUT2D eigenvalue weighted by molar-refractivity contribution is 0.645. The van der Waals surface area contributed by atoms with Gasteiger partial charge in [-0.2, -0.15) is 0 Å². The summed E-state index contributed by atoms with van der Waals surface area (Å²) in [5, 5.41) is 0. The minimum Gasteiger partial charge on any atom is -0.327 e. The van der Waals surface area contributed by atoms with Crippen LogP contribution in [-0.4, -0.2) is 11.0 Å². The van der Waals surface area contributed by atoms with Crippen LogP contribution in [0.1, 0.15) is 18.9 Å². The maximum Gasteiger partial charge on any atom is 0.0300 e. The lowest BCUT2D eigenvalue weighted by Crippen LogP contribution is -2.21. The van der Waals surface area contributed by atoms with Crippen molar-refractivity contribution in [1.29, 1.82) is 0 Å². The maximum absolute atomic E-state index is 5.78. The maximum atomic E-state index is 5.78. The van der Waals surface area contributed by atoms with Gasteiger partial charge in [-0.3, -0.25) is 4.98 Å². The third kappa shape index (κ3) is 2.68. The second kappa shape index (κ2) is 4.09. The van der Waals surface area contributed by atoms with E-state index in [1.807, 2.05) is 12.3 Å². The normalized spacial score (nSPS) is 12.9. The average Bonchev–Trinajstić information content (AvgIpc) is 2.06. The molecule has 2 nitrogen and oxygen atoms in total. The Morgan fingerprint density at radius 3 is 3.00 bits per heavy atom. The SMILES string of the molecule is CC[C@@H](N)Cc1cccnc1. The lowest BCUT2D eigenvalue weighted by Gasteiger charge is -2.06. The Labute approximate surface area is 67.5 Å². The van der Waals surface area contributed by atoms with Crippen LogP contribution in [0.3, 0.4) is 0 Å². The van der Waals surface area contributed by atoms with Gasteiger partial charge >= 0.3 is 0 Å². The molecule has 1 rings (SSSR count). The van der Waals surface area contributed by atoms with E-state index in [0.717, 1.165) is 12.8 Å². The first-order valence-corrected chi connectivity index (χ1v) is 3.97. The highest BCUT2D eigenvalue weighted by Crippen LogP contribution is 2.01. The molecular weight excluding hydrogens is 136 g/mol. The van der Waals surface area contributed by atoms with E-state index in [4.69, 9.17) is 5.73 Å². The largest absolute Gasteiger partial charge is 0.327 e. The van der Waals surface area contributed by atoms with Gasteiger partial charge in [0.15, 0.2) is 0 Å². The van der Waals surface area contributed by atoms with E-state index in [1.54, 1.807) is 6.20 Å². The summed E-state index contributed by atoms with van der Waals surface area (Å²) in [6, 6.07) is 4.28. The number of aromatic nitrogens is 1. The molecule has 0 unspecified atom stereocenters. The van der Waals surface area contributed by atoms with Crippen molar-refractivity contribution in [3.63, 3.8) is 0 Å². The summed E-state index contributed by atoms with van der Waals surface area (Å²) in [4.78, 5) is 4.02. The molecule has 0 saturated heterocycles. The van der Waals surface area contributed by atoms with Gasteiger partial charge in [0.25, 0.3) is 0 Å². The summed E-state index contributed by atoms with van der Waals surface area (Å²) in [5.41, 5.74) is 7.00. The zero-order valence-corrected chi connectivity index (χ0v) is 6.83. The van der Waals surface area contributed by atoms with Crippen molar-refractivity contribution in [2.75, 3.05) is 0 Å². The number of pyridine rings is 1. The molecule has 60 valence electrons. The Morgan fingerprint density at radius 1 is 1.64 bits per heavy atom. The van der Waals surface area contributed by atoms with Gasteiger partial charge in [0.2, 0.25) is 0 Å². The topological polar surface area (TPSA) is 38.9 Å². The van der Waals surface area contributed by atoms with Crippen LogP contribution >= 0.6 is 0 Å². The van der Waals surface area contributed by atoms with Gasteiger partial charge < -0.3 is 5.73 Å². The first kappa shape index (κ1) is 8.21. The molecule has 1 heterocycles. The molecular formula is C9H14N2. The van der Waals surface area contributed by atoms with Crippen LogP contribution in [0, 0.1) is 0 Å². The van der Waals surface area contributed by atoms with E-state index < -0.39 is 0 Å². The van der Waals surface area contributed by atoms with Crippen LogP contribution in [0.5, 0.6) is 0 Å². The van der Waals surface area contributed by atoms with Crippen molar-refractivity contribution in [3.8, 4) is 0 Å². The van der Waals surface area contributed by atoms with Crippen LogP contribution in [0.15, 0.2) is 24.5 Å². The molecule has 0 spiro atoms. The molecule has 11 heavy (non-hydrogen) atoms. The Bertz CT molecular complexity index is 196. The molecule has 2 heteroatoms. The monoisotopic (exact) mass is 150 g/mol. The van der Waals surface area contributed by atoms with Gasteiger partial charge in [-0.15, -0.1) is 0 Å². The van der Waals surface area contributed by atoms with Crippen molar-refractivity contribution in [3.05, 3.63) is 30.1 Å². The van der Waals surface area contributed by atoms with Crippen molar-refractivity contribution in [1.82, 2.24) is 4.98 Å². The summed E-state index contributed by atoms with van der Waals surface area (Å²) < 4.78 is 0. The molecule has 0 aliphatic rings. The van der Waals surface area contributed by atoms with Crippen LogP contribution in [-0.2, 0) is 6.42 Å². The fourth-order valence-corrected chi connectivity index (χ4v) is 0.966. The minimum atomic E-state index is 0.277. The number of nitrogens with two attached hydrogens (primary N) is 1. The predicted octanol–water partition coefficient (Wildman–Crippen LogP) is 1.36. The van der Waals surface area contributed by atoms with Gasteiger partial charge in [0.1, 0.15) is 0 Å². The quantitative estimate of drug-likeness (QED) is 0.706. The third-order valence-electron chi connectivity index (χ3n) is 1.75. The summed E-state index contributed by atoms with van der Waals surface area (Å²) in [5.74, 6) is 0. The molecule has 0 aliphatic carbocycles. The van der Waals surface area contributed by atoms with Crippen LogP contribution < -0.4 is 5.73 Å². The molecule has 2 N–H and O–H groups in total. The van der Waals surface area contributed by atoms with Crippen LogP contribution in [0.25, 0.3) is 0 Å². The summed E-state index contributed by atoms with van der Waals surface area (Å²) in [7, 11) is 0. The summed E-state index contributed by atoms with van der Waals surface area (Å²) >= 11 is 0. The van der Waals surface area contributed by atoms with Gasteiger partial charge in [0, 0.05) is 18.4 Å². The third-order valence-corrected chi connectivity index (χ3v) is 1.75. The molecule has 1 aromatic rings. The Morgan fingerprint density at radius 2 is 2.45 bits per heavy atom. The fraction of sp³-hybridized carbons (Fsp3) is 0.444. The standard InChI is InChI=1S/C9H14N2/c1-2-9(10)6-8-4-3-5-11-7-8/h3-5,7,9H,2,6,10H2,1H3/t9-/m1/s1. The zero-order valence-electron chi connectivity index (χ0n) is 6.83. The highest BCUT2D eigenvalue weighted by Gasteiger charge is 1.99. The average molecular weight is 150 g/mol. The van der Waals surface area contributed by atoms with Crippen LogP contribution in [0.4, 0.5) is 0 Å². The summed E-state index contributed by atoms with van der Waals surface area (Å²) in [6.07, 6.45) is 5.61. The second-order valence-corrected chi connectivity index (χ2v) is 2.73. The Hall–Kier alpha value is -0.890. The second-order valence-electron chi connectivity index (χ2n) is 2.73. The highest BCUT2D eigenvalue weighted by atomic mass is 14.6. The van der Waals surface area contributed by atoms with E-state index in [9.17, 15) is 0 Å². The van der Waals surface area contributed by atoms with Crippen molar-refractivity contribution >= 4 is 0 Å². The van der Waals surface area contributed by atoms with E-state index in [2.05, 4.69) is 18.0 Å². The van der Waals surface area contributed by atoms with Gasteiger partial charge in [-0.25, -0.2) is 0 Å². The van der Waals surface area contributed by atoms with Crippen LogP contribution in [0.2, 0.25) is 0 Å². The molecule has 0 aromatic carbocycles. The number of rotatable bonds is 3. The molecule has 0 fully saturated rings. The first-order chi connectivity index (χ1) is 5.33. The number of hydrogen-bond acceptors (Lipinski definition) is 2. The van der Waals surface area contributed by atoms with E-state index in [-0.39, 0.29) is 6.04 Å². The molecule has 0 amide bonds. The highest BCUT2D eigenvalue weighted by molar-refractivity contribution is 5.09. The smallest absolute Gasteiger partial charge is 0.0300 e.